The van der Waals surface area contributed by atoms with Gasteiger partial charge in [0.05, 0.1) is 12.8 Å². The highest BCUT2D eigenvalue weighted by atomic mass is 16.4. The van der Waals surface area contributed by atoms with E-state index in [1.807, 2.05) is 18.2 Å². The molecule has 0 fully saturated rings. The third-order valence-electron chi connectivity index (χ3n) is 3.10. The number of furan rings is 1. The largest absolute Gasteiger partial charge is 0.467 e. The number of benzene rings is 1. The fourth-order valence-corrected chi connectivity index (χ4v) is 1.97. The van der Waals surface area contributed by atoms with Gasteiger partial charge in [-0.2, -0.15) is 0 Å². The Morgan fingerprint density at radius 3 is 2.67 bits per heavy atom. The number of aryl methyl sites for hydroxylation is 1. The zero-order chi connectivity index (χ0) is 14.9. The molecule has 1 atom stereocenters. The summed E-state index contributed by atoms with van der Waals surface area (Å²) in [6.07, 6.45) is 2.46. The average Bonchev–Trinajstić information content (AvgIpc) is 3.05. The molecule has 2 amide bonds. The molecule has 0 spiro atoms. The van der Waals surface area contributed by atoms with Crippen LogP contribution in [0.1, 0.15) is 23.8 Å². The third-order valence-corrected chi connectivity index (χ3v) is 3.10. The minimum absolute atomic E-state index is 0.123. The van der Waals surface area contributed by atoms with E-state index in [1.165, 1.54) is 11.8 Å². The lowest BCUT2D eigenvalue weighted by Crippen LogP contribution is -2.38. The van der Waals surface area contributed by atoms with Crippen LogP contribution in [-0.4, -0.2) is 24.2 Å². The van der Waals surface area contributed by atoms with Gasteiger partial charge >= 0.3 is 6.03 Å². The average molecular weight is 288 g/mol. The first-order valence-corrected chi connectivity index (χ1v) is 7.03. The molecule has 0 saturated carbocycles. The van der Waals surface area contributed by atoms with E-state index in [-0.39, 0.29) is 12.6 Å². The van der Waals surface area contributed by atoms with Crippen molar-refractivity contribution in [1.82, 2.24) is 10.6 Å². The second-order valence-corrected chi connectivity index (χ2v) is 4.76. The first kappa shape index (κ1) is 15.1. The summed E-state index contributed by atoms with van der Waals surface area (Å²) in [6, 6.07) is 13.2. The number of aliphatic hydroxyl groups excluding tert-OH is 1. The predicted molar refractivity (Wildman–Crippen MR) is 79.8 cm³/mol. The molecule has 0 bridgehead atoms. The van der Waals surface area contributed by atoms with Crippen molar-refractivity contribution in [1.29, 1.82) is 0 Å². The molecule has 0 radical (unpaired) electrons. The van der Waals surface area contributed by atoms with Gasteiger partial charge in [-0.3, -0.25) is 0 Å². The fraction of sp³-hybridized carbons (Fsp3) is 0.312. The van der Waals surface area contributed by atoms with Crippen molar-refractivity contribution in [2.24, 2.45) is 0 Å². The van der Waals surface area contributed by atoms with Gasteiger partial charge in [-0.15, -0.1) is 0 Å². The van der Waals surface area contributed by atoms with E-state index in [1.54, 1.807) is 12.1 Å². The smallest absolute Gasteiger partial charge is 0.314 e. The van der Waals surface area contributed by atoms with Crippen LogP contribution in [0.5, 0.6) is 0 Å². The Bertz CT molecular complexity index is 526. The SMILES string of the molecule is O=C(NCCCc1ccccc1)NCC(O)c1ccco1. The lowest BCUT2D eigenvalue weighted by molar-refractivity contribution is 0.148. The lowest BCUT2D eigenvalue weighted by atomic mass is 10.1. The van der Waals surface area contributed by atoms with E-state index in [0.717, 1.165) is 12.8 Å². The minimum atomic E-state index is -0.824. The van der Waals surface area contributed by atoms with E-state index in [2.05, 4.69) is 22.8 Å². The van der Waals surface area contributed by atoms with Crippen LogP contribution in [0, 0.1) is 0 Å². The highest BCUT2D eigenvalue weighted by molar-refractivity contribution is 5.73. The summed E-state index contributed by atoms with van der Waals surface area (Å²) < 4.78 is 5.05. The summed E-state index contributed by atoms with van der Waals surface area (Å²) in [6.45, 7) is 0.718. The van der Waals surface area contributed by atoms with E-state index >= 15 is 0 Å². The molecule has 0 aliphatic carbocycles. The van der Waals surface area contributed by atoms with Crippen molar-refractivity contribution in [2.45, 2.75) is 18.9 Å². The molecule has 21 heavy (non-hydrogen) atoms. The number of nitrogens with one attached hydrogen (secondary N) is 2. The van der Waals surface area contributed by atoms with Gasteiger partial charge in [-0.05, 0) is 30.5 Å². The van der Waals surface area contributed by atoms with Crippen molar-refractivity contribution in [2.75, 3.05) is 13.1 Å². The first-order valence-electron chi connectivity index (χ1n) is 7.03. The van der Waals surface area contributed by atoms with E-state index in [9.17, 15) is 9.90 Å². The van der Waals surface area contributed by atoms with Crippen LogP contribution in [0.15, 0.2) is 53.1 Å². The Hall–Kier alpha value is -2.27. The first-order chi connectivity index (χ1) is 10.3. The molecule has 112 valence electrons. The maximum atomic E-state index is 11.6. The summed E-state index contributed by atoms with van der Waals surface area (Å²) in [5.74, 6) is 0.444. The Balaban J connectivity index is 1.57. The zero-order valence-corrected chi connectivity index (χ0v) is 11.8. The van der Waals surface area contributed by atoms with Crippen molar-refractivity contribution >= 4 is 6.03 Å². The van der Waals surface area contributed by atoms with Gasteiger partial charge in [0.1, 0.15) is 11.9 Å². The molecule has 0 saturated heterocycles. The highest BCUT2D eigenvalue weighted by Crippen LogP contribution is 2.11. The molecule has 5 nitrogen and oxygen atoms in total. The molecule has 5 heteroatoms. The summed E-state index contributed by atoms with van der Waals surface area (Å²) in [5, 5.41) is 15.1. The molecule has 3 N–H and O–H groups in total. The molecule has 0 aliphatic heterocycles. The minimum Gasteiger partial charge on any atom is -0.467 e. The van der Waals surface area contributed by atoms with Gasteiger partial charge in [0.15, 0.2) is 0 Å². The van der Waals surface area contributed by atoms with E-state index in [4.69, 9.17) is 4.42 Å². The van der Waals surface area contributed by atoms with Crippen LogP contribution in [0.4, 0.5) is 4.79 Å². The van der Waals surface area contributed by atoms with Gasteiger partial charge in [0, 0.05) is 6.54 Å². The number of rotatable bonds is 7. The Labute approximate surface area is 124 Å². The number of amides is 2. The molecule has 1 aromatic carbocycles. The molecular formula is C16H20N2O3. The van der Waals surface area contributed by atoms with Crippen LogP contribution in [0.3, 0.4) is 0 Å². The second kappa shape index (κ2) is 8.11. The number of urea groups is 1. The molecular weight excluding hydrogens is 268 g/mol. The third kappa shape index (κ3) is 5.31. The molecule has 1 heterocycles. The van der Waals surface area contributed by atoms with Gasteiger partial charge in [0.2, 0.25) is 0 Å². The summed E-state index contributed by atoms with van der Waals surface area (Å²) in [7, 11) is 0. The highest BCUT2D eigenvalue weighted by Gasteiger charge is 2.11. The topological polar surface area (TPSA) is 74.5 Å². The predicted octanol–water partition coefficient (Wildman–Crippen LogP) is 2.25. The van der Waals surface area contributed by atoms with Crippen LogP contribution < -0.4 is 10.6 Å². The number of hydrogen-bond acceptors (Lipinski definition) is 3. The Morgan fingerprint density at radius 1 is 1.14 bits per heavy atom. The zero-order valence-electron chi connectivity index (χ0n) is 11.8. The second-order valence-electron chi connectivity index (χ2n) is 4.76. The normalized spacial score (nSPS) is 11.9. The monoisotopic (exact) mass is 288 g/mol. The summed E-state index contributed by atoms with van der Waals surface area (Å²) in [5.41, 5.74) is 1.26. The van der Waals surface area contributed by atoms with Crippen LogP contribution in [-0.2, 0) is 6.42 Å². The summed E-state index contributed by atoms with van der Waals surface area (Å²) in [4.78, 5) is 11.6. The molecule has 2 rings (SSSR count). The molecule has 1 aromatic heterocycles. The van der Waals surface area contributed by atoms with E-state index < -0.39 is 6.10 Å². The number of aliphatic hydroxyl groups is 1. The molecule has 0 aliphatic rings. The lowest BCUT2D eigenvalue weighted by Gasteiger charge is -2.10. The van der Waals surface area contributed by atoms with Crippen molar-refractivity contribution in [3.63, 3.8) is 0 Å². The maximum Gasteiger partial charge on any atom is 0.314 e. The quantitative estimate of drug-likeness (QED) is 0.684. The standard InChI is InChI=1S/C16H20N2O3/c19-14(15-9-5-11-21-15)12-18-16(20)17-10-4-8-13-6-2-1-3-7-13/h1-3,5-7,9,11,14,19H,4,8,10,12H2,(H2,17,18,20). The van der Waals surface area contributed by atoms with Gasteiger partial charge in [0.25, 0.3) is 0 Å². The Kier molecular flexibility index (Phi) is 5.84. The number of hydrogen-bond donors (Lipinski definition) is 3. The van der Waals surface area contributed by atoms with Gasteiger partial charge in [-0.25, -0.2) is 4.79 Å². The maximum absolute atomic E-state index is 11.6. The Morgan fingerprint density at radius 2 is 1.95 bits per heavy atom. The van der Waals surface area contributed by atoms with Crippen molar-refractivity contribution in [3.05, 3.63) is 60.1 Å². The fourth-order valence-electron chi connectivity index (χ4n) is 1.97. The van der Waals surface area contributed by atoms with Crippen molar-refractivity contribution in [3.8, 4) is 0 Å². The summed E-state index contributed by atoms with van der Waals surface area (Å²) >= 11 is 0. The van der Waals surface area contributed by atoms with Crippen LogP contribution >= 0.6 is 0 Å². The number of carbonyl (C=O) groups excluding carboxylic acids is 1. The molecule has 1 unspecified atom stereocenters. The van der Waals surface area contributed by atoms with Gasteiger partial charge < -0.3 is 20.2 Å². The van der Waals surface area contributed by atoms with Crippen LogP contribution in [0.25, 0.3) is 0 Å². The van der Waals surface area contributed by atoms with Gasteiger partial charge in [-0.1, -0.05) is 30.3 Å². The van der Waals surface area contributed by atoms with Crippen molar-refractivity contribution < 1.29 is 14.3 Å². The molecule has 2 aromatic rings. The van der Waals surface area contributed by atoms with E-state index in [0.29, 0.717) is 12.3 Å². The van der Waals surface area contributed by atoms with Crippen LogP contribution in [0.2, 0.25) is 0 Å². The number of carbonyl (C=O) groups is 1.